The van der Waals surface area contributed by atoms with E-state index in [0.29, 0.717) is 0 Å². The van der Waals surface area contributed by atoms with Gasteiger partial charge >= 0.3 is 0 Å². The Morgan fingerprint density at radius 2 is 0.648 bits per heavy atom. The zero-order chi connectivity index (χ0) is 35.6. The lowest BCUT2D eigenvalue weighted by Crippen LogP contribution is -1.97. The first-order valence-electron chi connectivity index (χ1n) is 18.2. The third-order valence-electron chi connectivity index (χ3n) is 10.6. The van der Waals surface area contributed by atoms with Crippen molar-refractivity contribution in [3.63, 3.8) is 0 Å². The first-order chi connectivity index (χ1) is 26.7. The highest BCUT2D eigenvalue weighted by atomic mass is 14.8. The number of hydrogen-bond donors (Lipinski definition) is 0. The standard InChI is InChI=1S/C50H30N4/c1-5-17-35-31(11-1)15-9-19-37(35)47-29-41(45-27-23-33-13-3-7-21-43(33)51-45)39-25-26-40-42(46-28-24-34-14-4-8-22-44(34)52-46)30-48(54-50(40)49(39)53-47)38-20-10-16-32-12-2-6-18-36(32)38/h1-30H. The van der Waals surface area contributed by atoms with Crippen molar-refractivity contribution in [3.8, 4) is 45.0 Å². The second kappa shape index (κ2) is 12.1. The molecule has 0 aliphatic rings. The van der Waals surface area contributed by atoms with Gasteiger partial charge in [-0.15, -0.1) is 0 Å². The Balaban J connectivity index is 1.28. The molecule has 0 amide bonds. The van der Waals surface area contributed by atoms with Gasteiger partial charge in [-0.3, -0.25) is 0 Å². The molecule has 0 radical (unpaired) electrons. The molecule has 4 heteroatoms. The van der Waals surface area contributed by atoms with E-state index in [1.54, 1.807) is 0 Å². The van der Waals surface area contributed by atoms with Gasteiger partial charge in [0.05, 0.1) is 44.8 Å². The molecule has 11 aromatic rings. The van der Waals surface area contributed by atoms with Crippen molar-refractivity contribution in [2.75, 3.05) is 0 Å². The molecule has 4 nitrogen and oxygen atoms in total. The van der Waals surface area contributed by atoms with Crippen LogP contribution in [0.25, 0.3) is 110 Å². The van der Waals surface area contributed by atoms with Gasteiger partial charge in [0.15, 0.2) is 0 Å². The van der Waals surface area contributed by atoms with Crippen molar-refractivity contribution >= 4 is 65.2 Å². The smallest absolute Gasteiger partial charge is 0.0979 e. The fourth-order valence-corrected chi connectivity index (χ4v) is 8.00. The summed E-state index contributed by atoms with van der Waals surface area (Å²) in [5, 5.41) is 8.83. The van der Waals surface area contributed by atoms with Gasteiger partial charge in [0, 0.05) is 43.8 Å². The minimum Gasteiger partial charge on any atom is -0.248 e. The van der Waals surface area contributed by atoms with Gasteiger partial charge in [0.2, 0.25) is 0 Å². The Kier molecular flexibility index (Phi) is 6.82. The Bertz CT molecular complexity index is 3060. The Morgan fingerprint density at radius 1 is 0.241 bits per heavy atom. The highest BCUT2D eigenvalue weighted by Crippen LogP contribution is 2.41. The minimum absolute atomic E-state index is 0.826. The molecule has 0 aliphatic heterocycles. The Morgan fingerprint density at radius 3 is 1.13 bits per heavy atom. The van der Waals surface area contributed by atoms with E-state index in [0.717, 1.165) is 99.4 Å². The number of benzene rings is 7. The van der Waals surface area contributed by atoms with Gasteiger partial charge in [-0.05, 0) is 57.9 Å². The number of nitrogens with zero attached hydrogens (tertiary/aromatic N) is 4. The first kappa shape index (κ1) is 30.3. The number of para-hydroxylation sites is 2. The minimum atomic E-state index is 0.826. The molecule has 250 valence electrons. The third kappa shape index (κ3) is 4.92. The highest BCUT2D eigenvalue weighted by molar-refractivity contribution is 6.14. The van der Waals surface area contributed by atoms with Crippen LogP contribution in [0.3, 0.4) is 0 Å². The van der Waals surface area contributed by atoms with Crippen molar-refractivity contribution in [2.45, 2.75) is 0 Å². The van der Waals surface area contributed by atoms with Crippen LogP contribution in [0.1, 0.15) is 0 Å². The normalized spacial score (nSPS) is 11.7. The SMILES string of the molecule is c1ccc2nc(-c3cc(-c4cccc5ccccc45)nc4c3ccc3c(-c5ccc6ccccc6n5)cc(-c5cccc6ccccc56)nc34)ccc2c1. The first-order valence-corrected chi connectivity index (χ1v) is 18.2. The van der Waals surface area contributed by atoms with E-state index in [1.807, 2.05) is 12.1 Å². The predicted octanol–water partition coefficient (Wildman–Crippen LogP) is 12.9. The van der Waals surface area contributed by atoms with E-state index in [1.165, 1.54) is 10.8 Å². The average Bonchev–Trinajstić information content (AvgIpc) is 3.24. The molecule has 11 rings (SSSR count). The Labute approximate surface area is 311 Å². The maximum absolute atomic E-state index is 5.54. The van der Waals surface area contributed by atoms with Gasteiger partial charge in [0.1, 0.15) is 0 Å². The Hall–Kier alpha value is -7.30. The van der Waals surface area contributed by atoms with Gasteiger partial charge < -0.3 is 0 Å². The van der Waals surface area contributed by atoms with Crippen LogP contribution >= 0.6 is 0 Å². The zero-order valence-corrected chi connectivity index (χ0v) is 29.1. The van der Waals surface area contributed by atoms with Gasteiger partial charge in [0.25, 0.3) is 0 Å². The number of rotatable bonds is 4. The largest absolute Gasteiger partial charge is 0.248 e. The molecule has 0 aliphatic carbocycles. The maximum atomic E-state index is 5.54. The summed E-state index contributed by atoms with van der Waals surface area (Å²) in [7, 11) is 0. The van der Waals surface area contributed by atoms with Crippen LogP contribution in [0.4, 0.5) is 0 Å². The van der Waals surface area contributed by atoms with Crippen LogP contribution in [0.15, 0.2) is 182 Å². The van der Waals surface area contributed by atoms with Crippen LogP contribution in [0.5, 0.6) is 0 Å². The van der Waals surface area contributed by atoms with Crippen LogP contribution < -0.4 is 0 Å². The average molecular weight is 687 g/mol. The second-order valence-corrected chi connectivity index (χ2v) is 13.8. The summed E-state index contributed by atoms with van der Waals surface area (Å²) in [6.07, 6.45) is 0. The molecule has 0 atom stereocenters. The molecule has 0 spiro atoms. The molecule has 0 unspecified atom stereocenters. The summed E-state index contributed by atoms with van der Waals surface area (Å²) in [5.74, 6) is 0. The molecule has 0 saturated carbocycles. The summed E-state index contributed by atoms with van der Waals surface area (Å²) in [6.45, 7) is 0. The molecule has 4 heterocycles. The lowest BCUT2D eigenvalue weighted by Gasteiger charge is -2.16. The molecule has 0 N–H and O–H groups in total. The lowest BCUT2D eigenvalue weighted by atomic mass is 9.94. The van der Waals surface area contributed by atoms with Gasteiger partial charge in [-0.1, -0.05) is 146 Å². The molecule has 4 aromatic heterocycles. The summed E-state index contributed by atoms with van der Waals surface area (Å²) in [5.41, 5.74) is 11.2. The predicted molar refractivity (Wildman–Crippen MR) is 224 cm³/mol. The quantitative estimate of drug-likeness (QED) is 0.173. The molecule has 0 saturated heterocycles. The molecular weight excluding hydrogens is 657 g/mol. The van der Waals surface area contributed by atoms with E-state index in [9.17, 15) is 0 Å². The van der Waals surface area contributed by atoms with E-state index in [-0.39, 0.29) is 0 Å². The third-order valence-corrected chi connectivity index (χ3v) is 10.6. The fourth-order valence-electron chi connectivity index (χ4n) is 8.00. The lowest BCUT2D eigenvalue weighted by molar-refractivity contribution is 1.35. The summed E-state index contributed by atoms with van der Waals surface area (Å²) in [6, 6.07) is 63.8. The topological polar surface area (TPSA) is 51.6 Å². The second-order valence-electron chi connectivity index (χ2n) is 13.8. The van der Waals surface area contributed by atoms with Gasteiger partial charge in [-0.25, -0.2) is 19.9 Å². The van der Waals surface area contributed by atoms with Gasteiger partial charge in [-0.2, -0.15) is 0 Å². The van der Waals surface area contributed by atoms with Crippen molar-refractivity contribution in [1.82, 2.24) is 19.9 Å². The number of hydrogen-bond acceptors (Lipinski definition) is 4. The van der Waals surface area contributed by atoms with E-state index in [2.05, 4.69) is 170 Å². The summed E-state index contributed by atoms with van der Waals surface area (Å²) >= 11 is 0. The van der Waals surface area contributed by atoms with Crippen LogP contribution in [0, 0.1) is 0 Å². The molecule has 7 aromatic carbocycles. The van der Waals surface area contributed by atoms with E-state index >= 15 is 0 Å². The van der Waals surface area contributed by atoms with Crippen LogP contribution in [-0.4, -0.2) is 19.9 Å². The van der Waals surface area contributed by atoms with E-state index < -0.39 is 0 Å². The number of pyridine rings is 4. The van der Waals surface area contributed by atoms with Crippen LogP contribution in [-0.2, 0) is 0 Å². The molecule has 0 bridgehead atoms. The van der Waals surface area contributed by atoms with Crippen molar-refractivity contribution in [3.05, 3.63) is 182 Å². The van der Waals surface area contributed by atoms with Crippen molar-refractivity contribution in [2.24, 2.45) is 0 Å². The van der Waals surface area contributed by atoms with Crippen molar-refractivity contribution in [1.29, 1.82) is 0 Å². The molecular formula is C50H30N4. The number of aromatic nitrogens is 4. The maximum Gasteiger partial charge on any atom is 0.0979 e. The highest BCUT2D eigenvalue weighted by Gasteiger charge is 2.20. The van der Waals surface area contributed by atoms with E-state index in [4.69, 9.17) is 19.9 Å². The fraction of sp³-hybridized carbons (Fsp3) is 0. The molecule has 54 heavy (non-hydrogen) atoms. The summed E-state index contributed by atoms with van der Waals surface area (Å²) < 4.78 is 0. The van der Waals surface area contributed by atoms with Crippen LogP contribution in [0.2, 0.25) is 0 Å². The monoisotopic (exact) mass is 686 g/mol. The molecule has 0 fully saturated rings. The van der Waals surface area contributed by atoms with Crippen molar-refractivity contribution < 1.29 is 0 Å². The summed E-state index contributed by atoms with van der Waals surface area (Å²) in [4.78, 5) is 21.5. The zero-order valence-electron chi connectivity index (χ0n) is 29.1. The number of fused-ring (bicyclic) bond motifs is 7.